The molecule has 5 nitrogen and oxygen atoms in total. The molecule has 0 atom stereocenters. The minimum Gasteiger partial charge on any atom is -0.455 e. The van der Waals surface area contributed by atoms with Crippen molar-refractivity contribution in [3.05, 3.63) is 64.5 Å². The van der Waals surface area contributed by atoms with E-state index in [2.05, 4.69) is 51.3 Å². The monoisotopic (exact) mass is 445 g/mol. The van der Waals surface area contributed by atoms with Gasteiger partial charge in [-0.25, -0.2) is 0 Å². The Hall–Kier alpha value is -3.08. The number of nitrogens with one attached hydrogen (secondary N) is 1. The largest absolute Gasteiger partial charge is 0.455 e. The molecule has 1 amide bonds. The highest BCUT2D eigenvalue weighted by atomic mass is 32.2. The number of hydrogen-bond donors (Lipinski definition) is 1. The second-order valence-corrected chi connectivity index (χ2v) is 9.17. The molecule has 31 heavy (non-hydrogen) atoms. The Morgan fingerprint density at radius 1 is 1.13 bits per heavy atom. The maximum Gasteiger partial charge on any atom is 0.263 e. The molecule has 2 fully saturated rings. The number of rotatable bonds is 2. The molecule has 7 heteroatoms. The smallest absolute Gasteiger partial charge is 0.263 e. The summed E-state index contributed by atoms with van der Waals surface area (Å²) < 4.78 is 6.42. The van der Waals surface area contributed by atoms with Gasteiger partial charge in [0.25, 0.3) is 5.91 Å². The summed E-state index contributed by atoms with van der Waals surface area (Å²) in [4.78, 5) is 19.1. The van der Waals surface area contributed by atoms with Crippen LogP contribution in [0.2, 0.25) is 0 Å². The second kappa shape index (κ2) is 8.58. The number of nitrogens with zero attached hydrogens (tertiary/aromatic N) is 2. The summed E-state index contributed by atoms with van der Waals surface area (Å²) in [5.41, 5.74) is 3.57. The average Bonchev–Trinajstić information content (AvgIpc) is 3.35. The number of pyridine rings is 1. The van der Waals surface area contributed by atoms with Crippen molar-refractivity contribution in [2.75, 3.05) is 18.0 Å². The molecule has 0 saturated carbocycles. The van der Waals surface area contributed by atoms with Crippen LogP contribution in [-0.4, -0.2) is 28.3 Å². The third kappa shape index (κ3) is 4.36. The zero-order valence-electron chi connectivity index (χ0n) is 16.7. The molecular weight excluding hydrogens is 426 g/mol. The van der Waals surface area contributed by atoms with Crippen LogP contribution in [0.15, 0.2) is 52.0 Å². The van der Waals surface area contributed by atoms with E-state index in [9.17, 15) is 4.79 Å². The van der Waals surface area contributed by atoms with Crippen molar-refractivity contribution < 1.29 is 9.21 Å². The number of benzene rings is 1. The summed E-state index contributed by atoms with van der Waals surface area (Å²) in [5.74, 6) is 6.75. The van der Waals surface area contributed by atoms with Crippen LogP contribution in [0.3, 0.4) is 0 Å². The molecule has 0 spiro atoms. The van der Waals surface area contributed by atoms with Gasteiger partial charge >= 0.3 is 0 Å². The highest BCUT2D eigenvalue weighted by molar-refractivity contribution is 8.26. The molecule has 1 N–H and O–H groups in total. The molecule has 0 radical (unpaired) electrons. The SMILES string of the molecule is O=C1NC(=S)S/C1=C\c1cc2cncc(C#Cc3ccc(N4CCCCC4)cc3)c2o1. The molecule has 3 aromatic rings. The number of anilines is 1. The number of aromatic nitrogens is 1. The first-order valence-electron chi connectivity index (χ1n) is 10.2. The van der Waals surface area contributed by atoms with E-state index in [0.717, 1.165) is 24.0 Å². The van der Waals surface area contributed by atoms with Gasteiger partial charge < -0.3 is 14.6 Å². The number of furan rings is 1. The quantitative estimate of drug-likeness (QED) is 0.350. The van der Waals surface area contributed by atoms with Crippen LogP contribution in [-0.2, 0) is 4.79 Å². The van der Waals surface area contributed by atoms with Crippen molar-refractivity contribution in [3.63, 3.8) is 0 Å². The Bertz CT molecular complexity index is 1260. The van der Waals surface area contributed by atoms with Gasteiger partial charge in [0.1, 0.15) is 10.1 Å². The summed E-state index contributed by atoms with van der Waals surface area (Å²) in [6.45, 7) is 2.25. The molecule has 2 aliphatic rings. The third-order valence-corrected chi connectivity index (χ3v) is 6.45. The van der Waals surface area contributed by atoms with Crippen LogP contribution in [0.5, 0.6) is 0 Å². The van der Waals surface area contributed by atoms with Crippen molar-refractivity contribution in [3.8, 4) is 11.8 Å². The van der Waals surface area contributed by atoms with E-state index in [0.29, 0.717) is 26.1 Å². The van der Waals surface area contributed by atoms with Crippen molar-refractivity contribution in [2.24, 2.45) is 0 Å². The molecule has 5 rings (SSSR count). The molecular formula is C24H19N3O2S2. The van der Waals surface area contributed by atoms with Crippen LogP contribution >= 0.6 is 24.0 Å². The minimum absolute atomic E-state index is 0.207. The first-order chi connectivity index (χ1) is 15.2. The van der Waals surface area contributed by atoms with Crippen molar-refractivity contribution >= 4 is 56.9 Å². The van der Waals surface area contributed by atoms with Gasteiger partial charge in [0, 0.05) is 48.2 Å². The van der Waals surface area contributed by atoms with Gasteiger partial charge in [0.2, 0.25) is 0 Å². The predicted molar refractivity (Wildman–Crippen MR) is 129 cm³/mol. The lowest BCUT2D eigenvalue weighted by Crippen LogP contribution is -2.29. The van der Waals surface area contributed by atoms with Gasteiger partial charge in [-0.2, -0.15) is 0 Å². The van der Waals surface area contributed by atoms with Crippen LogP contribution in [0, 0.1) is 11.8 Å². The van der Waals surface area contributed by atoms with E-state index in [4.69, 9.17) is 16.6 Å². The molecule has 154 valence electrons. The fourth-order valence-corrected chi connectivity index (χ4v) is 4.76. The summed E-state index contributed by atoms with van der Waals surface area (Å²) in [6.07, 6.45) is 8.96. The van der Waals surface area contributed by atoms with Crippen molar-refractivity contribution in [1.29, 1.82) is 0 Å². The van der Waals surface area contributed by atoms with E-state index in [1.165, 1.54) is 36.7 Å². The molecule has 0 aliphatic carbocycles. The maximum atomic E-state index is 11.9. The van der Waals surface area contributed by atoms with Gasteiger partial charge in [-0.3, -0.25) is 9.78 Å². The molecule has 0 bridgehead atoms. The molecule has 1 aromatic carbocycles. The number of thioether (sulfide) groups is 1. The number of carbonyl (C=O) groups excluding carboxylic acids is 1. The highest BCUT2D eigenvalue weighted by Gasteiger charge is 2.22. The van der Waals surface area contributed by atoms with E-state index < -0.39 is 0 Å². The fraction of sp³-hybridized carbons (Fsp3) is 0.208. The van der Waals surface area contributed by atoms with Crippen LogP contribution in [0.25, 0.3) is 17.0 Å². The predicted octanol–water partition coefficient (Wildman–Crippen LogP) is 4.71. The van der Waals surface area contributed by atoms with Crippen LogP contribution in [0.1, 0.15) is 36.1 Å². The number of fused-ring (bicyclic) bond motifs is 1. The Labute approximate surface area is 189 Å². The molecule has 4 heterocycles. The zero-order valence-corrected chi connectivity index (χ0v) is 18.3. The van der Waals surface area contributed by atoms with E-state index >= 15 is 0 Å². The van der Waals surface area contributed by atoms with Gasteiger partial charge in [-0.05, 0) is 49.6 Å². The van der Waals surface area contributed by atoms with Crippen molar-refractivity contribution in [2.45, 2.75) is 19.3 Å². The van der Waals surface area contributed by atoms with Crippen LogP contribution < -0.4 is 10.2 Å². The Morgan fingerprint density at radius 3 is 2.68 bits per heavy atom. The Morgan fingerprint density at radius 2 is 1.94 bits per heavy atom. The summed E-state index contributed by atoms with van der Waals surface area (Å²) in [6, 6.07) is 10.2. The van der Waals surface area contributed by atoms with E-state index in [-0.39, 0.29) is 5.91 Å². The average molecular weight is 446 g/mol. The summed E-state index contributed by atoms with van der Waals surface area (Å²) in [7, 11) is 0. The normalized spacial score (nSPS) is 17.7. The minimum atomic E-state index is -0.207. The van der Waals surface area contributed by atoms with Gasteiger partial charge in [-0.1, -0.05) is 35.8 Å². The van der Waals surface area contributed by atoms with E-state index in [1.807, 2.05) is 6.07 Å². The first-order valence-corrected chi connectivity index (χ1v) is 11.4. The van der Waals surface area contributed by atoms with Gasteiger partial charge in [-0.15, -0.1) is 0 Å². The summed E-state index contributed by atoms with van der Waals surface area (Å²) >= 11 is 6.26. The molecule has 2 aliphatic heterocycles. The number of hydrogen-bond acceptors (Lipinski definition) is 6. The van der Waals surface area contributed by atoms with E-state index in [1.54, 1.807) is 18.5 Å². The molecule has 0 unspecified atom stereocenters. The van der Waals surface area contributed by atoms with Gasteiger partial charge in [0.05, 0.1) is 10.5 Å². The fourth-order valence-electron chi connectivity index (χ4n) is 3.74. The Kier molecular flexibility index (Phi) is 5.49. The van der Waals surface area contributed by atoms with Crippen molar-refractivity contribution in [1.82, 2.24) is 10.3 Å². The molecule has 2 saturated heterocycles. The lowest BCUT2D eigenvalue weighted by Gasteiger charge is -2.28. The maximum absolute atomic E-state index is 11.9. The molecule has 2 aromatic heterocycles. The zero-order chi connectivity index (χ0) is 21.2. The Balaban J connectivity index is 1.39. The topological polar surface area (TPSA) is 58.4 Å². The van der Waals surface area contributed by atoms with Crippen LogP contribution in [0.4, 0.5) is 5.69 Å². The number of carbonyl (C=O) groups is 1. The number of piperidine rings is 1. The first kappa shape index (κ1) is 19.9. The lowest BCUT2D eigenvalue weighted by molar-refractivity contribution is -0.115. The number of thiocarbonyl (C=S) groups is 1. The van der Waals surface area contributed by atoms with Gasteiger partial charge in [0.15, 0.2) is 5.58 Å². The highest BCUT2D eigenvalue weighted by Crippen LogP contribution is 2.29. The lowest BCUT2D eigenvalue weighted by atomic mass is 10.1. The standard InChI is InChI=1S/C24H19N3O2S2/c28-23-21(31-24(30)26-23)13-20-12-18-15-25-14-17(22(18)29-20)7-4-16-5-8-19(9-6-16)27-10-2-1-3-11-27/h5-6,8-9,12-15H,1-3,10-11H2,(H,26,28,30)/b21-13-. The second-order valence-electron chi connectivity index (χ2n) is 7.45. The third-order valence-electron chi connectivity index (χ3n) is 5.29. The number of amides is 1. The summed E-state index contributed by atoms with van der Waals surface area (Å²) in [5, 5.41) is 3.44.